The van der Waals surface area contributed by atoms with Crippen molar-refractivity contribution in [3.8, 4) is 0 Å². The van der Waals surface area contributed by atoms with Gasteiger partial charge in [-0.3, -0.25) is 9.59 Å². The molecule has 1 heterocycles. The SMILES string of the molecule is CC(C)CC(CN)C(=O)Nc1ccc2c(c1)CCC(=O)N2. The van der Waals surface area contributed by atoms with Crippen LogP contribution in [0.15, 0.2) is 18.2 Å². The van der Waals surface area contributed by atoms with E-state index < -0.39 is 0 Å². The van der Waals surface area contributed by atoms with Crippen LogP contribution in [0.25, 0.3) is 0 Å². The second-order valence-electron chi connectivity index (χ2n) is 5.97. The minimum atomic E-state index is -0.166. The Morgan fingerprint density at radius 3 is 2.81 bits per heavy atom. The van der Waals surface area contributed by atoms with E-state index in [1.807, 2.05) is 18.2 Å². The third-order valence-electron chi connectivity index (χ3n) is 3.68. The fourth-order valence-electron chi connectivity index (χ4n) is 2.58. The average molecular weight is 289 g/mol. The smallest absolute Gasteiger partial charge is 0.228 e. The van der Waals surface area contributed by atoms with Gasteiger partial charge in [0, 0.05) is 24.3 Å². The van der Waals surface area contributed by atoms with Crippen molar-refractivity contribution in [2.75, 3.05) is 17.2 Å². The van der Waals surface area contributed by atoms with Gasteiger partial charge in [0.15, 0.2) is 0 Å². The number of carbonyl (C=O) groups is 2. The fourth-order valence-corrected chi connectivity index (χ4v) is 2.58. The van der Waals surface area contributed by atoms with E-state index in [4.69, 9.17) is 5.73 Å². The minimum Gasteiger partial charge on any atom is -0.330 e. The van der Waals surface area contributed by atoms with Crippen LogP contribution in [-0.4, -0.2) is 18.4 Å². The standard InChI is InChI=1S/C16H23N3O2/c1-10(2)7-12(9-17)16(21)18-13-4-5-14-11(8-13)3-6-15(20)19-14/h4-5,8,10,12H,3,6-7,9,17H2,1-2H3,(H,18,21)(H,19,20). The van der Waals surface area contributed by atoms with Crippen molar-refractivity contribution in [3.63, 3.8) is 0 Å². The highest BCUT2D eigenvalue weighted by Crippen LogP contribution is 2.26. The number of benzene rings is 1. The molecule has 0 saturated heterocycles. The lowest BCUT2D eigenvalue weighted by Gasteiger charge is -2.20. The van der Waals surface area contributed by atoms with Crippen LogP contribution in [-0.2, 0) is 16.0 Å². The Morgan fingerprint density at radius 2 is 2.14 bits per heavy atom. The maximum atomic E-state index is 12.2. The Labute approximate surface area is 125 Å². The van der Waals surface area contributed by atoms with Crippen LogP contribution >= 0.6 is 0 Å². The molecule has 114 valence electrons. The third kappa shape index (κ3) is 4.04. The highest BCUT2D eigenvalue weighted by molar-refractivity contribution is 5.96. The first-order valence-corrected chi connectivity index (χ1v) is 7.43. The van der Waals surface area contributed by atoms with Crippen LogP contribution in [0, 0.1) is 11.8 Å². The summed E-state index contributed by atoms with van der Waals surface area (Å²) in [4.78, 5) is 23.6. The van der Waals surface area contributed by atoms with Crippen molar-refractivity contribution in [2.24, 2.45) is 17.6 Å². The Morgan fingerprint density at radius 1 is 1.38 bits per heavy atom. The number of amides is 2. The number of hydrogen-bond acceptors (Lipinski definition) is 3. The fraction of sp³-hybridized carbons (Fsp3) is 0.500. The summed E-state index contributed by atoms with van der Waals surface area (Å²) in [5.74, 6) is 0.272. The van der Waals surface area contributed by atoms with Gasteiger partial charge in [-0.2, -0.15) is 0 Å². The van der Waals surface area contributed by atoms with Crippen LogP contribution in [0.5, 0.6) is 0 Å². The summed E-state index contributed by atoms with van der Waals surface area (Å²) in [5, 5.41) is 5.76. The minimum absolute atomic E-state index is 0.0361. The first-order chi connectivity index (χ1) is 9.99. The van der Waals surface area contributed by atoms with Gasteiger partial charge in [-0.15, -0.1) is 0 Å². The lowest BCUT2D eigenvalue weighted by molar-refractivity contribution is -0.120. The molecule has 0 radical (unpaired) electrons. The Kier molecular flexibility index (Phi) is 4.96. The summed E-state index contributed by atoms with van der Waals surface area (Å²) in [5.41, 5.74) is 8.35. The van der Waals surface area contributed by atoms with Crippen LogP contribution in [0.2, 0.25) is 0 Å². The van der Waals surface area contributed by atoms with E-state index in [-0.39, 0.29) is 17.7 Å². The molecule has 0 spiro atoms. The largest absolute Gasteiger partial charge is 0.330 e. The Bertz CT molecular complexity index is 540. The number of nitrogens with two attached hydrogens (primary N) is 1. The summed E-state index contributed by atoms with van der Waals surface area (Å²) >= 11 is 0. The Hall–Kier alpha value is -1.88. The predicted octanol–water partition coefficient (Wildman–Crippen LogP) is 2.13. The summed E-state index contributed by atoms with van der Waals surface area (Å²) in [6, 6.07) is 5.57. The molecule has 0 aromatic heterocycles. The molecule has 0 fully saturated rings. The van der Waals surface area contributed by atoms with Gasteiger partial charge in [0.2, 0.25) is 11.8 Å². The molecule has 1 aromatic carbocycles. The first kappa shape index (κ1) is 15.5. The molecule has 4 N–H and O–H groups in total. The monoisotopic (exact) mass is 289 g/mol. The second-order valence-corrected chi connectivity index (χ2v) is 5.97. The van der Waals surface area contributed by atoms with E-state index >= 15 is 0 Å². The zero-order valence-electron chi connectivity index (χ0n) is 12.6. The normalized spacial score (nSPS) is 15.3. The molecule has 1 aromatic rings. The summed E-state index contributed by atoms with van der Waals surface area (Å²) < 4.78 is 0. The molecular weight excluding hydrogens is 266 g/mol. The maximum absolute atomic E-state index is 12.2. The molecule has 1 aliphatic rings. The molecular formula is C16H23N3O2. The van der Waals surface area contributed by atoms with E-state index in [2.05, 4.69) is 24.5 Å². The molecule has 0 bridgehead atoms. The van der Waals surface area contributed by atoms with Gasteiger partial charge in [-0.05, 0) is 42.5 Å². The van der Waals surface area contributed by atoms with Crippen molar-refractivity contribution in [1.29, 1.82) is 0 Å². The lowest BCUT2D eigenvalue weighted by atomic mass is 9.96. The van der Waals surface area contributed by atoms with E-state index in [0.717, 1.165) is 23.4 Å². The molecule has 0 aliphatic carbocycles. The van der Waals surface area contributed by atoms with E-state index in [0.29, 0.717) is 25.3 Å². The number of fused-ring (bicyclic) bond motifs is 1. The molecule has 5 heteroatoms. The second kappa shape index (κ2) is 6.72. The maximum Gasteiger partial charge on any atom is 0.228 e. The van der Waals surface area contributed by atoms with Gasteiger partial charge in [0.25, 0.3) is 0 Å². The highest BCUT2D eigenvalue weighted by Gasteiger charge is 2.19. The van der Waals surface area contributed by atoms with Gasteiger partial charge in [-0.1, -0.05) is 13.8 Å². The first-order valence-electron chi connectivity index (χ1n) is 7.43. The highest BCUT2D eigenvalue weighted by atomic mass is 16.2. The van der Waals surface area contributed by atoms with E-state index in [1.165, 1.54) is 0 Å². The molecule has 2 amide bonds. The summed E-state index contributed by atoms with van der Waals surface area (Å²) in [6.45, 7) is 4.51. The lowest BCUT2D eigenvalue weighted by Crippen LogP contribution is -2.30. The number of hydrogen-bond donors (Lipinski definition) is 3. The summed E-state index contributed by atoms with van der Waals surface area (Å²) in [6.07, 6.45) is 1.98. The molecule has 1 atom stereocenters. The van der Waals surface area contributed by atoms with Crippen LogP contribution < -0.4 is 16.4 Å². The number of anilines is 2. The van der Waals surface area contributed by atoms with Crippen LogP contribution in [0.3, 0.4) is 0 Å². The van der Waals surface area contributed by atoms with Crippen LogP contribution in [0.4, 0.5) is 11.4 Å². The van der Waals surface area contributed by atoms with Crippen molar-refractivity contribution < 1.29 is 9.59 Å². The van der Waals surface area contributed by atoms with Crippen LogP contribution in [0.1, 0.15) is 32.3 Å². The quantitative estimate of drug-likeness (QED) is 0.776. The molecule has 5 nitrogen and oxygen atoms in total. The zero-order valence-corrected chi connectivity index (χ0v) is 12.6. The molecule has 1 unspecified atom stereocenters. The molecule has 0 saturated carbocycles. The topological polar surface area (TPSA) is 84.2 Å². The Balaban J connectivity index is 2.06. The number of carbonyl (C=O) groups excluding carboxylic acids is 2. The van der Waals surface area contributed by atoms with Gasteiger partial charge < -0.3 is 16.4 Å². The predicted molar refractivity (Wildman–Crippen MR) is 84.0 cm³/mol. The van der Waals surface area contributed by atoms with Crippen molar-refractivity contribution in [1.82, 2.24) is 0 Å². The van der Waals surface area contributed by atoms with E-state index in [1.54, 1.807) is 0 Å². The van der Waals surface area contributed by atoms with Crippen molar-refractivity contribution >= 4 is 23.2 Å². The van der Waals surface area contributed by atoms with Gasteiger partial charge >= 0.3 is 0 Å². The van der Waals surface area contributed by atoms with Crippen molar-refractivity contribution in [3.05, 3.63) is 23.8 Å². The average Bonchev–Trinajstić information content (AvgIpc) is 2.44. The number of rotatable bonds is 5. The third-order valence-corrected chi connectivity index (χ3v) is 3.68. The van der Waals surface area contributed by atoms with E-state index in [9.17, 15) is 9.59 Å². The van der Waals surface area contributed by atoms with Gasteiger partial charge in [0.1, 0.15) is 0 Å². The molecule has 21 heavy (non-hydrogen) atoms. The summed E-state index contributed by atoms with van der Waals surface area (Å²) in [7, 11) is 0. The number of aryl methyl sites for hydroxylation is 1. The number of nitrogens with one attached hydrogen (secondary N) is 2. The van der Waals surface area contributed by atoms with Crippen molar-refractivity contribution in [2.45, 2.75) is 33.1 Å². The van der Waals surface area contributed by atoms with Gasteiger partial charge in [-0.25, -0.2) is 0 Å². The van der Waals surface area contributed by atoms with Gasteiger partial charge in [0.05, 0.1) is 5.92 Å². The molecule has 2 rings (SSSR count). The molecule has 1 aliphatic heterocycles. The zero-order chi connectivity index (χ0) is 15.4.